The summed E-state index contributed by atoms with van der Waals surface area (Å²) in [7, 11) is -3.32. The molecule has 0 spiro atoms. The van der Waals surface area contributed by atoms with Gasteiger partial charge in [0.05, 0.1) is 22.2 Å². The number of hydrogen-bond donors (Lipinski definition) is 1. The van der Waals surface area contributed by atoms with E-state index in [0.717, 1.165) is 73.5 Å². The van der Waals surface area contributed by atoms with Crippen LogP contribution in [0.1, 0.15) is 42.9 Å². The smallest absolute Gasteiger partial charge is 0.233 e. The zero-order chi connectivity index (χ0) is 23.7. The van der Waals surface area contributed by atoms with Crippen molar-refractivity contribution in [1.29, 1.82) is 0 Å². The molecule has 2 aromatic heterocycles. The summed E-state index contributed by atoms with van der Waals surface area (Å²) in [4.78, 5) is 25.1. The third-order valence-corrected chi connectivity index (χ3v) is 7.71. The number of carbonyl (C=O) groups excluding carboxylic acids is 1. The van der Waals surface area contributed by atoms with Crippen molar-refractivity contribution in [2.24, 2.45) is 0 Å². The fourth-order valence-corrected chi connectivity index (χ4v) is 5.46. The fourth-order valence-electron chi connectivity index (χ4n) is 4.80. The van der Waals surface area contributed by atoms with Crippen LogP contribution in [0.25, 0.3) is 11.3 Å². The van der Waals surface area contributed by atoms with E-state index in [9.17, 15) is 13.2 Å². The molecule has 1 N–H and O–H groups in total. The predicted octanol–water partition coefficient (Wildman–Crippen LogP) is 4.21. The zero-order valence-electron chi connectivity index (χ0n) is 19.2. The van der Waals surface area contributed by atoms with Crippen molar-refractivity contribution in [2.75, 3.05) is 29.6 Å². The Bertz CT molecular complexity index is 1330. The van der Waals surface area contributed by atoms with E-state index in [4.69, 9.17) is 4.98 Å². The number of amides is 1. The first-order chi connectivity index (χ1) is 16.4. The minimum absolute atomic E-state index is 0.0749. The van der Waals surface area contributed by atoms with Gasteiger partial charge in [0.15, 0.2) is 9.84 Å². The van der Waals surface area contributed by atoms with Crippen molar-refractivity contribution in [3.63, 3.8) is 0 Å². The Balaban J connectivity index is 1.41. The van der Waals surface area contributed by atoms with E-state index in [1.165, 1.54) is 6.26 Å². The average Bonchev–Trinajstić information content (AvgIpc) is 3.38. The summed E-state index contributed by atoms with van der Waals surface area (Å²) in [5.74, 6) is 0.463. The Morgan fingerprint density at radius 1 is 1.06 bits per heavy atom. The second-order valence-corrected chi connectivity index (χ2v) is 11.1. The van der Waals surface area contributed by atoms with Gasteiger partial charge in [-0.2, -0.15) is 0 Å². The Labute approximate surface area is 200 Å². The van der Waals surface area contributed by atoms with Crippen LogP contribution in [0.5, 0.6) is 0 Å². The highest BCUT2D eigenvalue weighted by atomic mass is 32.2. The van der Waals surface area contributed by atoms with Crippen LogP contribution in [-0.2, 0) is 21.1 Å². The van der Waals surface area contributed by atoms with E-state index in [2.05, 4.69) is 15.2 Å². The molecule has 5 rings (SSSR count). The molecule has 7 nitrogen and oxygen atoms in total. The topological polar surface area (TPSA) is 92.3 Å². The molecule has 2 aliphatic rings. The summed E-state index contributed by atoms with van der Waals surface area (Å²) in [5.41, 5.74) is 3.98. The Hall–Kier alpha value is -3.26. The second kappa shape index (κ2) is 9.18. The van der Waals surface area contributed by atoms with Gasteiger partial charge in [-0.15, -0.1) is 0 Å². The number of sulfone groups is 1. The molecule has 176 valence electrons. The quantitative estimate of drug-likeness (QED) is 0.593. The summed E-state index contributed by atoms with van der Waals surface area (Å²) in [6, 6.07) is 14.5. The number of pyridine rings is 2. The van der Waals surface area contributed by atoms with Gasteiger partial charge in [-0.25, -0.2) is 13.4 Å². The molecule has 0 saturated carbocycles. The highest BCUT2D eigenvalue weighted by Gasteiger charge is 2.29. The van der Waals surface area contributed by atoms with Crippen LogP contribution in [-0.4, -0.2) is 43.6 Å². The lowest BCUT2D eigenvalue weighted by atomic mass is 9.85. The summed E-state index contributed by atoms with van der Waals surface area (Å²) in [6.45, 7) is 1.99. The van der Waals surface area contributed by atoms with Crippen LogP contribution >= 0.6 is 0 Å². The first kappa shape index (κ1) is 22.5. The highest BCUT2D eigenvalue weighted by molar-refractivity contribution is 7.90. The lowest BCUT2D eigenvalue weighted by Crippen LogP contribution is -2.26. The molecule has 1 amide bonds. The molecule has 1 unspecified atom stereocenters. The minimum Gasteiger partial charge on any atom is -0.357 e. The molecular weight excluding hydrogens is 448 g/mol. The standard InChI is InChI=1S/C26H28N4O3S/c1-34(32,33)21-8-4-7-19(16-21)23-11-10-18-6-5-9-22(25(18)29-23)26(31)28-20-12-13-27-24(17-20)30-14-2-3-15-30/h4,7-8,10-13,16-17,22H,2-3,5-6,9,14-15H2,1H3,(H,27,28,31). The first-order valence-electron chi connectivity index (χ1n) is 11.7. The molecule has 1 saturated heterocycles. The summed E-state index contributed by atoms with van der Waals surface area (Å²) in [6.07, 6.45) is 7.79. The molecule has 1 fully saturated rings. The number of anilines is 2. The van der Waals surface area contributed by atoms with Crippen molar-refractivity contribution in [2.45, 2.75) is 42.9 Å². The Morgan fingerprint density at radius 2 is 1.88 bits per heavy atom. The number of aromatic nitrogens is 2. The van der Waals surface area contributed by atoms with Crippen LogP contribution in [0.4, 0.5) is 11.5 Å². The third-order valence-electron chi connectivity index (χ3n) is 6.60. The molecule has 0 bridgehead atoms. The van der Waals surface area contributed by atoms with Crippen molar-refractivity contribution in [3.8, 4) is 11.3 Å². The second-order valence-electron chi connectivity index (χ2n) is 9.07. The van der Waals surface area contributed by atoms with E-state index < -0.39 is 9.84 Å². The molecule has 1 aliphatic carbocycles. The van der Waals surface area contributed by atoms with Crippen molar-refractivity contribution < 1.29 is 13.2 Å². The van der Waals surface area contributed by atoms with Gasteiger partial charge in [0.25, 0.3) is 0 Å². The Morgan fingerprint density at radius 3 is 2.68 bits per heavy atom. The molecule has 3 aromatic rings. The summed E-state index contributed by atoms with van der Waals surface area (Å²) >= 11 is 0. The van der Waals surface area contributed by atoms with Crippen molar-refractivity contribution >= 4 is 27.2 Å². The first-order valence-corrected chi connectivity index (χ1v) is 13.6. The molecule has 3 heterocycles. The monoisotopic (exact) mass is 476 g/mol. The third kappa shape index (κ3) is 4.68. The molecule has 8 heteroatoms. The van der Waals surface area contributed by atoms with Crippen LogP contribution in [0.2, 0.25) is 0 Å². The number of rotatable bonds is 5. The zero-order valence-corrected chi connectivity index (χ0v) is 20.0. The molecule has 34 heavy (non-hydrogen) atoms. The van der Waals surface area contributed by atoms with E-state index in [0.29, 0.717) is 5.69 Å². The molecule has 1 aliphatic heterocycles. The van der Waals surface area contributed by atoms with Gasteiger partial charge < -0.3 is 10.2 Å². The van der Waals surface area contributed by atoms with E-state index in [1.807, 2.05) is 30.3 Å². The van der Waals surface area contributed by atoms with Crippen LogP contribution in [0.3, 0.4) is 0 Å². The molecule has 0 radical (unpaired) electrons. The van der Waals surface area contributed by atoms with Gasteiger partial charge in [0.2, 0.25) is 5.91 Å². The maximum Gasteiger partial charge on any atom is 0.233 e. The lowest BCUT2D eigenvalue weighted by Gasteiger charge is -2.25. The molecule has 1 aromatic carbocycles. The van der Waals surface area contributed by atoms with Crippen LogP contribution in [0.15, 0.2) is 59.6 Å². The SMILES string of the molecule is CS(=O)(=O)c1cccc(-c2ccc3c(n2)C(C(=O)Nc2ccnc(N4CCCC4)c2)CCC3)c1. The lowest BCUT2D eigenvalue weighted by molar-refractivity contribution is -0.118. The van der Waals surface area contributed by atoms with E-state index in [-0.39, 0.29) is 16.7 Å². The minimum atomic E-state index is -3.32. The van der Waals surface area contributed by atoms with Crippen molar-refractivity contribution in [3.05, 3.63) is 66.0 Å². The van der Waals surface area contributed by atoms with Crippen LogP contribution < -0.4 is 10.2 Å². The van der Waals surface area contributed by atoms with Gasteiger partial charge >= 0.3 is 0 Å². The Kier molecular flexibility index (Phi) is 6.08. The van der Waals surface area contributed by atoms with Crippen molar-refractivity contribution in [1.82, 2.24) is 9.97 Å². The largest absolute Gasteiger partial charge is 0.357 e. The number of hydrogen-bond acceptors (Lipinski definition) is 6. The van der Waals surface area contributed by atoms with E-state index in [1.54, 1.807) is 24.4 Å². The molecular formula is C26H28N4O3S. The number of benzene rings is 1. The summed E-state index contributed by atoms with van der Waals surface area (Å²) in [5, 5.41) is 3.08. The van der Waals surface area contributed by atoms with Gasteiger partial charge in [-0.1, -0.05) is 18.2 Å². The maximum absolute atomic E-state index is 13.3. The van der Waals surface area contributed by atoms with Gasteiger partial charge in [-0.05, 0) is 61.9 Å². The number of carbonyl (C=O) groups is 1. The molecule has 1 atom stereocenters. The van der Waals surface area contributed by atoms with Gasteiger partial charge in [0.1, 0.15) is 5.82 Å². The number of nitrogens with one attached hydrogen (secondary N) is 1. The predicted molar refractivity (Wildman–Crippen MR) is 133 cm³/mol. The normalized spacial score (nSPS) is 17.9. The maximum atomic E-state index is 13.3. The fraction of sp³-hybridized carbons (Fsp3) is 0.346. The number of nitrogens with zero attached hydrogens (tertiary/aromatic N) is 3. The number of fused-ring (bicyclic) bond motifs is 1. The highest BCUT2D eigenvalue weighted by Crippen LogP contribution is 2.34. The average molecular weight is 477 g/mol. The van der Waals surface area contributed by atoms with Gasteiger partial charge in [0, 0.05) is 42.9 Å². The van der Waals surface area contributed by atoms with Gasteiger partial charge in [-0.3, -0.25) is 9.78 Å². The summed E-state index contributed by atoms with van der Waals surface area (Å²) < 4.78 is 24.0. The van der Waals surface area contributed by atoms with E-state index >= 15 is 0 Å². The number of aryl methyl sites for hydroxylation is 1. The van der Waals surface area contributed by atoms with Crippen LogP contribution in [0, 0.1) is 0 Å².